The molecule has 0 fully saturated rings. The number of nitrogens with two attached hydrogens (primary N) is 1. The predicted octanol–water partition coefficient (Wildman–Crippen LogP) is 12.1. The van der Waals surface area contributed by atoms with Crippen molar-refractivity contribution in [2.45, 2.75) is 206 Å². The van der Waals surface area contributed by atoms with Gasteiger partial charge in [-0.05, 0) is 70.6 Å². The molecule has 4 N–H and O–H groups in total. The molecule has 0 aromatic carbocycles. The number of phosphoric ester groups is 1. The van der Waals surface area contributed by atoms with E-state index in [4.69, 9.17) is 29.4 Å². The van der Waals surface area contributed by atoms with Gasteiger partial charge in [0.15, 0.2) is 0 Å². The van der Waals surface area contributed by atoms with E-state index in [1.54, 1.807) is 0 Å². The number of carboxylic acid groups (broad SMARTS) is 1. The molecule has 0 rings (SSSR count). The van der Waals surface area contributed by atoms with Crippen LogP contribution in [0.15, 0.2) is 36.5 Å². The fraction of sp³-hybridized carbons (Fsp3) is 0.818. The van der Waals surface area contributed by atoms with E-state index < -0.39 is 45.1 Å². The number of hydrogen-bond donors (Lipinski definition) is 3. The quantitative estimate of drug-likeness (QED) is 0.0235. The van der Waals surface area contributed by atoms with Gasteiger partial charge in [-0.15, -0.1) is 0 Å². The topological polar surface area (TPSA) is 155 Å². The number of allylic oxidation sites excluding steroid dienone is 6. The molecule has 10 nitrogen and oxygen atoms in total. The summed E-state index contributed by atoms with van der Waals surface area (Å²) in [6, 6.07) is -1.47. The van der Waals surface area contributed by atoms with Gasteiger partial charge in [-0.1, -0.05) is 153 Å². The number of phosphoric acid groups is 1. The zero-order valence-corrected chi connectivity index (χ0v) is 35.9. The fourth-order valence-corrected chi connectivity index (χ4v) is 6.70. The maximum atomic E-state index is 12.6. The van der Waals surface area contributed by atoms with Crippen LogP contribution in [0.4, 0.5) is 0 Å². The molecule has 3 atom stereocenters. The minimum absolute atomic E-state index is 0.0124. The van der Waals surface area contributed by atoms with Gasteiger partial charge in [0.05, 0.1) is 19.8 Å². The molecule has 0 amide bonds. The highest BCUT2D eigenvalue weighted by Gasteiger charge is 2.27. The monoisotopic (exact) mass is 800 g/mol. The van der Waals surface area contributed by atoms with Crippen molar-refractivity contribution in [2.24, 2.45) is 5.73 Å². The van der Waals surface area contributed by atoms with Crippen molar-refractivity contribution in [1.82, 2.24) is 0 Å². The van der Waals surface area contributed by atoms with Gasteiger partial charge in [-0.3, -0.25) is 18.6 Å². The second-order valence-electron chi connectivity index (χ2n) is 14.8. The van der Waals surface area contributed by atoms with Gasteiger partial charge in [0.25, 0.3) is 0 Å². The zero-order chi connectivity index (χ0) is 40.5. The molecule has 322 valence electrons. The Morgan fingerprint density at radius 3 is 1.53 bits per heavy atom. The predicted molar refractivity (Wildman–Crippen MR) is 226 cm³/mol. The fourth-order valence-electron chi connectivity index (χ4n) is 5.92. The number of unbranched alkanes of at least 4 members (excludes halogenated alkanes) is 22. The lowest BCUT2D eigenvalue weighted by molar-refractivity contribution is -0.154. The SMILES string of the molecule is CCCCC/C=C\C/C=C\CCCCCCCCCCCCOCC(COP(=O)(O)OCC(N)C(=O)O)OC(=O)CCCCCCC/C=C\CCCCCC. The largest absolute Gasteiger partial charge is 0.480 e. The lowest BCUT2D eigenvalue weighted by atomic mass is 10.1. The Hall–Kier alpha value is -1.81. The van der Waals surface area contributed by atoms with Crippen molar-refractivity contribution < 1.29 is 42.7 Å². The summed E-state index contributed by atoms with van der Waals surface area (Å²) < 4.78 is 33.3. The van der Waals surface area contributed by atoms with E-state index in [0.29, 0.717) is 13.0 Å². The smallest absolute Gasteiger partial charge is 0.472 e. The van der Waals surface area contributed by atoms with Gasteiger partial charge in [0.2, 0.25) is 0 Å². The van der Waals surface area contributed by atoms with Crippen LogP contribution in [0.5, 0.6) is 0 Å². The summed E-state index contributed by atoms with van der Waals surface area (Å²) in [4.78, 5) is 33.5. The van der Waals surface area contributed by atoms with E-state index in [1.807, 2.05) is 0 Å². The van der Waals surface area contributed by atoms with Gasteiger partial charge in [0.1, 0.15) is 12.1 Å². The molecule has 0 saturated carbocycles. The van der Waals surface area contributed by atoms with Crippen molar-refractivity contribution in [3.8, 4) is 0 Å². The van der Waals surface area contributed by atoms with Gasteiger partial charge >= 0.3 is 19.8 Å². The van der Waals surface area contributed by atoms with Crippen LogP contribution in [0, 0.1) is 0 Å². The summed E-state index contributed by atoms with van der Waals surface area (Å²) in [7, 11) is -4.62. The Morgan fingerprint density at radius 1 is 0.582 bits per heavy atom. The Kier molecular flexibility index (Phi) is 39.1. The number of hydrogen-bond acceptors (Lipinski definition) is 8. The third-order valence-corrected chi connectivity index (χ3v) is 10.3. The van der Waals surface area contributed by atoms with Crippen LogP contribution >= 0.6 is 7.82 Å². The number of esters is 1. The molecule has 0 saturated heterocycles. The summed E-state index contributed by atoms with van der Waals surface area (Å²) in [5.74, 6) is -1.79. The third-order valence-electron chi connectivity index (χ3n) is 9.39. The maximum absolute atomic E-state index is 12.6. The van der Waals surface area contributed by atoms with Crippen molar-refractivity contribution in [1.29, 1.82) is 0 Å². The van der Waals surface area contributed by atoms with Crippen LogP contribution in [0.25, 0.3) is 0 Å². The maximum Gasteiger partial charge on any atom is 0.472 e. The van der Waals surface area contributed by atoms with E-state index in [1.165, 1.54) is 109 Å². The van der Waals surface area contributed by atoms with E-state index >= 15 is 0 Å². The highest BCUT2D eigenvalue weighted by atomic mass is 31.2. The minimum Gasteiger partial charge on any atom is -0.480 e. The van der Waals surface area contributed by atoms with Crippen LogP contribution in [-0.2, 0) is 32.7 Å². The van der Waals surface area contributed by atoms with Crippen LogP contribution in [-0.4, -0.2) is 60.5 Å². The molecule has 11 heteroatoms. The molecule has 0 aromatic rings. The molecule has 55 heavy (non-hydrogen) atoms. The average molecular weight is 800 g/mol. The number of carbonyl (C=O) groups is 2. The van der Waals surface area contributed by atoms with Gasteiger partial charge in [-0.25, -0.2) is 4.57 Å². The molecule has 0 aliphatic heterocycles. The van der Waals surface area contributed by atoms with Crippen molar-refractivity contribution >= 4 is 19.8 Å². The molecular weight excluding hydrogens is 717 g/mol. The third kappa shape index (κ3) is 40.2. The normalized spacial score (nSPS) is 14.3. The summed E-state index contributed by atoms with van der Waals surface area (Å²) in [6.45, 7) is 3.83. The van der Waals surface area contributed by atoms with Gasteiger partial charge in [-0.2, -0.15) is 0 Å². The van der Waals surface area contributed by atoms with Crippen LogP contribution < -0.4 is 5.73 Å². The van der Waals surface area contributed by atoms with Crippen molar-refractivity contribution in [3.63, 3.8) is 0 Å². The molecule has 0 bridgehead atoms. The lowest BCUT2D eigenvalue weighted by Gasteiger charge is -2.20. The summed E-state index contributed by atoms with van der Waals surface area (Å²) in [6.07, 6.45) is 44.8. The molecule has 0 heterocycles. The molecule has 0 radical (unpaired) electrons. The molecular formula is C44H82NO9P. The average Bonchev–Trinajstić information content (AvgIpc) is 3.16. The highest BCUT2D eigenvalue weighted by Crippen LogP contribution is 2.43. The van der Waals surface area contributed by atoms with Gasteiger partial charge < -0.3 is 25.2 Å². The number of carbonyl (C=O) groups excluding carboxylic acids is 1. The molecule has 0 aliphatic rings. The number of aliphatic carboxylic acids is 1. The molecule has 0 aromatic heterocycles. The summed E-state index contributed by atoms with van der Waals surface area (Å²) in [5.41, 5.74) is 5.35. The summed E-state index contributed by atoms with van der Waals surface area (Å²) >= 11 is 0. The van der Waals surface area contributed by atoms with Crippen LogP contribution in [0.1, 0.15) is 194 Å². The molecule has 0 aliphatic carbocycles. The van der Waals surface area contributed by atoms with Crippen molar-refractivity contribution in [3.05, 3.63) is 36.5 Å². The molecule has 3 unspecified atom stereocenters. The first kappa shape index (κ1) is 53.2. The second kappa shape index (κ2) is 40.4. The minimum atomic E-state index is -4.62. The van der Waals surface area contributed by atoms with E-state index in [9.17, 15) is 19.0 Å². The van der Waals surface area contributed by atoms with E-state index in [0.717, 1.165) is 57.8 Å². The number of ether oxygens (including phenoxy) is 2. The zero-order valence-electron chi connectivity index (χ0n) is 35.0. The Labute approximate surface area is 336 Å². The Bertz CT molecular complexity index is 1020. The molecule has 0 spiro atoms. The Morgan fingerprint density at radius 2 is 1.00 bits per heavy atom. The standard InChI is InChI=1S/C44H82NO9P/c1-3-5-7-9-11-13-15-17-18-19-20-21-22-23-25-27-29-31-33-35-37-51-38-41(39-52-55(49,50)53-40-42(45)44(47)48)54-43(46)36-34-32-30-28-26-24-16-14-12-10-8-6-4-2/h11,13-14,16-18,41-42H,3-10,12,15,19-40,45H2,1-2H3,(H,47,48)(H,49,50)/b13-11-,16-14-,18-17-. The first-order valence-electron chi connectivity index (χ1n) is 22.0. The number of rotatable bonds is 42. The first-order chi connectivity index (χ1) is 26.7. The van der Waals surface area contributed by atoms with Crippen LogP contribution in [0.3, 0.4) is 0 Å². The van der Waals surface area contributed by atoms with Crippen molar-refractivity contribution in [2.75, 3.05) is 26.4 Å². The first-order valence-corrected chi connectivity index (χ1v) is 23.5. The van der Waals surface area contributed by atoms with Crippen LogP contribution in [0.2, 0.25) is 0 Å². The highest BCUT2D eigenvalue weighted by molar-refractivity contribution is 7.47. The summed E-state index contributed by atoms with van der Waals surface area (Å²) in [5, 5.41) is 8.89. The Balaban J connectivity index is 4.20. The number of carboxylic acids is 1. The van der Waals surface area contributed by atoms with E-state index in [2.05, 4.69) is 50.3 Å². The van der Waals surface area contributed by atoms with Gasteiger partial charge in [0, 0.05) is 13.0 Å². The van der Waals surface area contributed by atoms with E-state index in [-0.39, 0.29) is 13.0 Å². The second-order valence-corrected chi connectivity index (χ2v) is 16.3. The lowest BCUT2D eigenvalue weighted by Crippen LogP contribution is -2.34.